The highest BCUT2D eigenvalue weighted by molar-refractivity contribution is 8.18. The third-order valence-electron chi connectivity index (χ3n) is 7.08. The maximum Gasteiger partial charge on any atom is 0.266 e. The van der Waals surface area contributed by atoms with Crippen LogP contribution in [-0.4, -0.2) is 61.9 Å². The van der Waals surface area contributed by atoms with Gasteiger partial charge in [-0.05, 0) is 80.6 Å². The highest BCUT2D eigenvalue weighted by Gasteiger charge is 2.32. The van der Waals surface area contributed by atoms with E-state index < -0.39 is 0 Å². The summed E-state index contributed by atoms with van der Waals surface area (Å²) >= 11 is 1.26. The highest BCUT2D eigenvalue weighted by atomic mass is 32.2. The standard InChI is InChI=1S/C28H31FN4O2S/c1-18-17-28(2,3)32(5)24-16-23(29)19(14-22(18)24)15-25-26(34)31(4)27(36-25)30-20-6-8-21(9-7-20)33-10-12-35-13-11-33/h6-9,14-17H,10-13H2,1-5H3/b25-15+,30-27?. The van der Waals surface area contributed by atoms with Crippen LogP contribution in [0.5, 0.6) is 0 Å². The first-order valence-corrected chi connectivity index (χ1v) is 12.9. The van der Waals surface area contributed by atoms with Crippen molar-refractivity contribution in [1.82, 2.24) is 4.90 Å². The number of hydrogen-bond acceptors (Lipinski definition) is 6. The van der Waals surface area contributed by atoms with Crippen LogP contribution in [0.4, 0.5) is 21.5 Å². The Bertz CT molecular complexity index is 1290. The first kappa shape index (κ1) is 24.6. The lowest BCUT2D eigenvalue weighted by Crippen LogP contribution is -2.42. The first-order valence-electron chi connectivity index (χ1n) is 12.1. The number of amides is 1. The van der Waals surface area contributed by atoms with Crippen molar-refractivity contribution in [2.45, 2.75) is 26.3 Å². The largest absolute Gasteiger partial charge is 0.378 e. The van der Waals surface area contributed by atoms with Crippen LogP contribution in [0.2, 0.25) is 0 Å². The molecule has 2 fully saturated rings. The number of hydrogen-bond donors (Lipinski definition) is 0. The van der Waals surface area contributed by atoms with Crippen molar-refractivity contribution in [3.05, 3.63) is 64.3 Å². The number of halogens is 1. The Balaban J connectivity index is 1.40. The maximum atomic E-state index is 15.2. The third-order valence-corrected chi connectivity index (χ3v) is 8.14. The third kappa shape index (κ3) is 4.55. The van der Waals surface area contributed by atoms with Crippen LogP contribution in [-0.2, 0) is 9.53 Å². The molecule has 188 valence electrons. The number of thioether (sulfide) groups is 1. The number of allylic oxidation sites excluding steroid dienone is 1. The molecule has 2 saturated heterocycles. The molecule has 0 bridgehead atoms. The zero-order valence-electron chi connectivity index (χ0n) is 21.3. The van der Waals surface area contributed by atoms with E-state index >= 15 is 4.39 Å². The van der Waals surface area contributed by atoms with Gasteiger partial charge < -0.3 is 14.5 Å². The lowest BCUT2D eigenvalue weighted by atomic mass is 9.88. The molecular formula is C28H31FN4O2S. The fourth-order valence-electron chi connectivity index (χ4n) is 4.76. The van der Waals surface area contributed by atoms with Gasteiger partial charge in [0.05, 0.1) is 29.3 Å². The second-order valence-corrected chi connectivity index (χ2v) is 10.9. The van der Waals surface area contributed by atoms with Crippen LogP contribution in [0.25, 0.3) is 11.6 Å². The minimum atomic E-state index is -0.348. The van der Waals surface area contributed by atoms with Crippen molar-refractivity contribution < 1.29 is 13.9 Å². The van der Waals surface area contributed by atoms with E-state index in [1.54, 1.807) is 19.2 Å². The van der Waals surface area contributed by atoms with Gasteiger partial charge >= 0.3 is 0 Å². The van der Waals surface area contributed by atoms with E-state index in [1.807, 2.05) is 44.3 Å². The summed E-state index contributed by atoms with van der Waals surface area (Å²) in [6.07, 6.45) is 3.82. The summed E-state index contributed by atoms with van der Waals surface area (Å²) in [6, 6.07) is 11.4. The average Bonchev–Trinajstić information content (AvgIpc) is 3.12. The van der Waals surface area contributed by atoms with Crippen molar-refractivity contribution in [2.75, 3.05) is 50.2 Å². The number of amidine groups is 1. The number of carbonyl (C=O) groups excluding carboxylic acids is 1. The predicted octanol–water partition coefficient (Wildman–Crippen LogP) is 5.53. The van der Waals surface area contributed by atoms with Crippen molar-refractivity contribution in [3.8, 4) is 0 Å². The molecule has 0 N–H and O–H groups in total. The molecule has 3 heterocycles. The summed E-state index contributed by atoms with van der Waals surface area (Å²) in [5.74, 6) is -0.537. The number of rotatable bonds is 3. The molecule has 6 nitrogen and oxygen atoms in total. The van der Waals surface area contributed by atoms with Crippen LogP contribution in [0.15, 0.2) is 52.4 Å². The first-order chi connectivity index (χ1) is 17.1. The van der Waals surface area contributed by atoms with Gasteiger partial charge in [0.25, 0.3) is 5.91 Å². The minimum absolute atomic E-state index is 0.189. The zero-order chi connectivity index (χ0) is 25.6. The number of anilines is 2. The summed E-state index contributed by atoms with van der Waals surface area (Å²) in [6.45, 7) is 9.47. The molecule has 1 amide bonds. The Hall–Kier alpha value is -3.10. The lowest BCUT2D eigenvalue weighted by Gasteiger charge is -2.40. The predicted molar refractivity (Wildman–Crippen MR) is 147 cm³/mol. The van der Waals surface area contributed by atoms with E-state index in [0.717, 1.165) is 54.5 Å². The fraction of sp³-hybridized carbons (Fsp3) is 0.357. The molecule has 2 aromatic carbocycles. The number of aliphatic imine (C=N–C) groups is 1. The number of nitrogens with zero attached hydrogens (tertiary/aromatic N) is 4. The molecule has 0 aromatic heterocycles. The normalized spacial score (nSPS) is 21.9. The maximum absolute atomic E-state index is 15.2. The SMILES string of the molecule is CC1=CC(C)(C)N(C)c2cc(F)c(/C=C3/SC(=Nc4ccc(N5CCOCC5)cc4)N(C)C3=O)cc21. The molecule has 0 aliphatic carbocycles. The van der Waals surface area contributed by atoms with Crippen LogP contribution >= 0.6 is 11.8 Å². The Kier molecular flexibility index (Phi) is 6.43. The van der Waals surface area contributed by atoms with Crippen molar-refractivity contribution in [2.24, 2.45) is 4.99 Å². The lowest BCUT2D eigenvalue weighted by molar-refractivity contribution is -0.121. The molecule has 0 unspecified atom stereocenters. The van der Waals surface area contributed by atoms with Gasteiger partial charge in [0.15, 0.2) is 5.17 Å². The van der Waals surface area contributed by atoms with Crippen LogP contribution in [0, 0.1) is 5.82 Å². The molecule has 0 saturated carbocycles. The van der Waals surface area contributed by atoms with Gasteiger partial charge in [0.1, 0.15) is 5.82 Å². The molecular weight excluding hydrogens is 475 g/mol. The quantitative estimate of drug-likeness (QED) is 0.513. The van der Waals surface area contributed by atoms with Gasteiger partial charge in [-0.25, -0.2) is 9.38 Å². The molecule has 0 radical (unpaired) electrons. The molecule has 0 spiro atoms. The van der Waals surface area contributed by atoms with Gasteiger partial charge in [0.2, 0.25) is 0 Å². The van der Waals surface area contributed by atoms with E-state index in [4.69, 9.17) is 4.74 Å². The van der Waals surface area contributed by atoms with E-state index in [9.17, 15) is 4.79 Å². The summed E-state index contributed by atoms with van der Waals surface area (Å²) in [4.78, 5) is 24.0. The fourth-order valence-corrected chi connectivity index (χ4v) is 5.74. The number of morpholine rings is 1. The van der Waals surface area contributed by atoms with Crippen LogP contribution in [0.1, 0.15) is 31.9 Å². The zero-order valence-corrected chi connectivity index (χ0v) is 22.2. The smallest absolute Gasteiger partial charge is 0.266 e. The molecule has 0 atom stereocenters. The number of carbonyl (C=O) groups is 1. The van der Waals surface area contributed by atoms with Gasteiger partial charge in [-0.3, -0.25) is 9.69 Å². The number of benzene rings is 2. The molecule has 5 rings (SSSR count). The number of likely N-dealkylation sites (N-methyl/N-ethyl adjacent to an activating group) is 2. The summed E-state index contributed by atoms with van der Waals surface area (Å²) in [5.41, 5.74) is 5.02. The van der Waals surface area contributed by atoms with Gasteiger partial charge in [0, 0.05) is 49.7 Å². The van der Waals surface area contributed by atoms with Crippen molar-refractivity contribution in [3.63, 3.8) is 0 Å². The molecule has 3 aliphatic heterocycles. The van der Waals surface area contributed by atoms with E-state index in [-0.39, 0.29) is 17.3 Å². The van der Waals surface area contributed by atoms with E-state index in [0.29, 0.717) is 15.6 Å². The number of ether oxygens (including phenoxy) is 1. The molecule has 36 heavy (non-hydrogen) atoms. The second-order valence-electron chi connectivity index (χ2n) is 9.92. The van der Waals surface area contributed by atoms with Crippen LogP contribution in [0.3, 0.4) is 0 Å². The van der Waals surface area contributed by atoms with E-state index in [1.165, 1.54) is 16.7 Å². The topological polar surface area (TPSA) is 48.4 Å². The Morgan fingerprint density at radius 3 is 2.50 bits per heavy atom. The summed E-state index contributed by atoms with van der Waals surface area (Å²) < 4.78 is 20.6. The van der Waals surface area contributed by atoms with Gasteiger partial charge in [-0.1, -0.05) is 6.08 Å². The summed E-state index contributed by atoms with van der Waals surface area (Å²) in [5, 5.41) is 0.571. The van der Waals surface area contributed by atoms with Gasteiger partial charge in [-0.2, -0.15) is 0 Å². The van der Waals surface area contributed by atoms with Crippen molar-refractivity contribution >= 4 is 51.5 Å². The Labute approximate surface area is 216 Å². The Morgan fingerprint density at radius 2 is 1.81 bits per heavy atom. The Morgan fingerprint density at radius 1 is 1.11 bits per heavy atom. The number of fused-ring (bicyclic) bond motifs is 1. The van der Waals surface area contributed by atoms with E-state index in [2.05, 4.69) is 34.7 Å². The minimum Gasteiger partial charge on any atom is -0.378 e. The van der Waals surface area contributed by atoms with Crippen molar-refractivity contribution in [1.29, 1.82) is 0 Å². The van der Waals surface area contributed by atoms with Gasteiger partial charge in [-0.15, -0.1) is 0 Å². The second kappa shape index (κ2) is 9.41. The molecule has 3 aliphatic rings. The summed E-state index contributed by atoms with van der Waals surface area (Å²) in [7, 11) is 3.67. The average molecular weight is 507 g/mol. The monoisotopic (exact) mass is 506 g/mol. The molecule has 2 aromatic rings. The molecule has 8 heteroatoms. The highest BCUT2D eigenvalue weighted by Crippen LogP contribution is 2.40. The van der Waals surface area contributed by atoms with Crippen LogP contribution < -0.4 is 9.80 Å².